The first-order valence-corrected chi connectivity index (χ1v) is 9.25. The molecule has 152 valence electrons. The molecule has 0 spiro atoms. The lowest BCUT2D eigenvalue weighted by atomic mass is 9.87. The Balaban J connectivity index is 6.25. The first-order valence-electron chi connectivity index (χ1n) is 7.68. The van der Waals surface area contributed by atoms with Crippen molar-refractivity contribution in [1.82, 2.24) is 9.57 Å². The van der Waals surface area contributed by atoms with Crippen molar-refractivity contribution in [3.63, 3.8) is 0 Å². The Morgan fingerprint density at radius 2 is 1.28 bits per heavy atom. The van der Waals surface area contributed by atoms with Gasteiger partial charge in [-0.1, -0.05) is 13.8 Å². The molecule has 0 aromatic rings. The van der Waals surface area contributed by atoms with E-state index >= 15 is 0 Å². The zero-order valence-corrected chi connectivity index (χ0v) is 15.4. The molecular weight excluding hydrogens is 377 g/mol. The van der Waals surface area contributed by atoms with Gasteiger partial charge in [0.25, 0.3) is 0 Å². The number of nitrogens with zero attached hydrogens (tertiary/aromatic N) is 2. The highest BCUT2D eigenvalue weighted by Gasteiger charge is 2.53. The Bertz CT molecular complexity index is 444. The molecule has 0 unspecified atom stereocenters. The van der Waals surface area contributed by atoms with Crippen LogP contribution >= 0.6 is 7.75 Å². The summed E-state index contributed by atoms with van der Waals surface area (Å²) in [5, 5.41) is 0. The van der Waals surface area contributed by atoms with E-state index in [1.165, 1.54) is 27.7 Å². The summed E-state index contributed by atoms with van der Waals surface area (Å²) in [6.07, 6.45) is -13.5. The highest BCUT2D eigenvalue weighted by atomic mass is 31.2. The molecule has 0 heterocycles. The molecule has 0 aliphatic carbocycles. The second-order valence-electron chi connectivity index (χ2n) is 6.19. The first kappa shape index (κ1) is 24.7. The quantitative estimate of drug-likeness (QED) is 0.454. The highest BCUT2D eigenvalue weighted by Crippen LogP contribution is 2.47. The molecular formula is C13H25F6N2O3P. The Morgan fingerprint density at radius 1 is 0.920 bits per heavy atom. The normalized spacial score (nSPS) is 14.8. The molecule has 0 radical (unpaired) electrons. The second-order valence-corrected chi connectivity index (χ2v) is 7.73. The van der Waals surface area contributed by atoms with Gasteiger partial charge in [-0.25, -0.2) is 9.24 Å². The van der Waals surface area contributed by atoms with E-state index in [1.54, 1.807) is 0 Å². The van der Waals surface area contributed by atoms with E-state index in [1.807, 2.05) is 0 Å². The van der Waals surface area contributed by atoms with Gasteiger partial charge < -0.3 is 9.79 Å². The molecule has 5 nitrogen and oxygen atoms in total. The van der Waals surface area contributed by atoms with Crippen LogP contribution in [0.3, 0.4) is 0 Å². The molecule has 0 atom stereocenters. The Kier molecular flexibility index (Phi) is 8.44. The maximum Gasteiger partial charge on any atom is 0.403 e. The van der Waals surface area contributed by atoms with Gasteiger partial charge in [-0.05, 0) is 26.9 Å². The average molecular weight is 402 g/mol. The fourth-order valence-corrected chi connectivity index (χ4v) is 4.06. The molecule has 0 aliphatic heterocycles. The molecule has 0 aromatic carbocycles. The van der Waals surface area contributed by atoms with Gasteiger partial charge in [0.05, 0.1) is 18.4 Å². The van der Waals surface area contributed by atoms with E-state index in [4.69, 9.17) is 0 Å². The molecule has 0 aromatic heterocycles. The minimum Gasteiger partial charge on any atom is -0.312 e. The van der Waals surface area contributed by atoms with Gasteiger partial charge >= 0.3 is 20.1 Å². The molecule has 0 rings (SSSR count). The monoisotopic (exact) mass is 402 g/mol. The van der Waals surface area contributed by atoms with Crippen molar-refractivity contribution in [2.45, 2.75) is 64.5 Å². The van der Waals surface area contributed by atoms with Gasteiger partial charge in [-0.2, -0.15) is 26.3 Å². The minimum absolute atomic E-state index is 0.129. The molecule has 0 bridgehead atoms. The molecule has 0 saturated carbocycles. The highest BCUT2D eigenvalue weighted by molar-refractivity contribution is 7.49. The standard InChI is InChI=1S/C13H25F6N2O3P/c1-5-20(6-2)11(7-12(14,15)16,8-13(17,18)19)9-21(10(3)4)25(22,23)24/h10H,5-9H2,1-4H3,(H2,22,23,24). The van der Waals surface area contributed by atoms with E-state index in [9.17, 15) is 40.7 Å². The van der Waals surface area contributed by atoms with Gasteiger partial charge in [-0.15, -0.1) is 0 Å². The summed E-state index contributed by atoms with van der Waals surface area (Å²) in [5.74, 6) is 0. The first-order chi connectivity index (χ1) is 11.0. The third kappa shape index (κ3) is 8.25. The lowest BCUT2D eigenvalue weighted by Crippen LogP contribution is -2.59. The number of rotatable bonds is 9. The molecule has 0 saturated heterocycles. The van der Waals surface area contributed by atoms with Crippen LogP contribution in [0.25, 0.3) is 0 Å². The van der Waals surface area contributed by atoms with Gasteiger partial charge in [-0.3, -0.25) is 4.90 Å². The fourth-order valence-electron chi connectivity index (χ4n) is 3.02. The Hall–Kier alpha value is -0.350. The second kappa shape index (κ2) is 8.56. The van der Waals surface area contributed by atoms with Crippen molar-refractivity contribution in [3.05, 3.63) is 0 Å². The van der Waals surface area contributed by atoms with Gasteiger partial charge in [0.2, 0.25) is 0 Å². The van der Waals surface area contributed by atoms with Crippen molar-refractivity contribution < 1.29 is 40.7 Å². The van der Waals surface area contributed by atoms with Crippen LogP contribution in [0.15, 0.2) is 0 Å². The van der Waals surface area contributed by atoms with Crippen LogP contribution in [0.4, 0.5) is 26.3 Å². The summed E-state index contributed by atoms with van der Waals surface area (Å²) in [6, 6.07) is -0.947. The van der Waals surface area contributed by atoms with Crippen molar-refractivity contribution >= 4 is 7.75 Å². The molecule has 12 heteroatoms. The van der Waals surface area contributed by atoms with Crippen LogP contribution in [-0.2, 0) is 4.57 Å². The lowest BCUT2D eigenvalue weighted by molar-refractivity contribution is -0.203. The van der Waals surface area contributed by atoms with Crippen LogP contribution in [-0.4, -0.2) is 62.9 Å². The predicted octanol–water partition coefficient (Wildman–Crippen LogP) is 3.77. The number of likely N-dealkylation sites (N-methyl/N-ethyl adjacent to an activating group) is 1. The van der Waals surface area contributed by atoms with Gasteiger partial charge in [0.1, 0.15) is 0 Å². The summed E-state index contributed by atoms with van der Waals surface area (Å²) in [7, 11) is -5.05. The number of hydrogen-bond acceptors (Lipinski definition) is 2. The van der Waals surface area contributed by atoms with Crippen LogP contribution in [0.2, 0.25) is 0 Å². The maximum absolute atomic E-state index is 13.1. The molecule has 25 heavy (non-hydrogen) atoms. The maximum atomic E-state index is 13.1. The van der Waals surface area contributed by atoms with E-state index in [-0.39, 0.29) is 13.1 Å². The smallest absolute Gasteiger partial charge is 0.312 e. The number of halogens is 6. The van der Waals surface area contributed by atoms with Crippen LogP contribution in [0.5, 0.6) is 0 Å². The molecule has 0 amide bonds. The van der Waals surface area contributed by atoms with Gasteiger partial charge in [0.15, 0.2) is 0 Å². The zero-order chi connectivity index (χ0) is 20.3. The summed E-state index contributed by atoms with van der Waals surface area (Å²) in [5.41, 5.74) is -2.54. The lowest BCUT2D eigenvalue weighted by Gasteiger charge is -2.47. The van der Waals surface area contributed by atoms with Crippen LogP contribution in [0.1, 0.15) is 40.5 Å². The van der Waals surface area contributed by atoms with Crippen molar-refractivity contribution in [3.8, 4) is 0 Å². The van der Waals surface area contributed by atoms with Crippen molar-refractivity contribution in [1.29, 1.82) is 0 Å². The predicted molar refractivity (Wildman–Crippen MR) is 80.9 cm³/mol. The average Bonchev–Trinajstić information content (AvgIpc) is 2.31. The Morgan fingerprint density at radius 3 is 1.48 bits per heavy atom. The summed E-state index contributed by atoms with van der Waals surface area (Å²) < 4.78 is 90.6. The zero-order valence-electron chi connectivity index (χ0n) is 14.5. The Labute approximate surface area is 143 Å². The topological polar surface area (TPSA) is 64.0 Å². The van der Waals surface area contributed by atoms with Crippen LogP contribution in [0, 0.1) is 0 Å². The molecule has 0 fully saturated rings. The largest absolute Gasteiger partial charge is 0.403 e. The minimum atomic E-state index is -5.05. The van der Waals surface area contributed by atoms with Gasteiger partial charge in [0, 0.05) is 12.6 Å². The SMILES string of the molecule is CCN(CC)C(CN(C(C)C)P(=O)(O)O)(CC(F)(F)F)CC(F)(F)F. The third-order valence-electron chi connectivity index (χ3n) is 3.88. The summed E-state index contributed by atoms with van der Waals surface area (Å²) in [4.78, 5) is 19.8. The van der Waals surface area contributed by atoms with E-state index in [0.29, 0.717) is 4.67 Å². The fraction of sp³-hybridized carbons (Fsp3) is 1.00. The number of alkyl halides is 6. The third-order valence-corrected chi connectivity index (χ3v) is 5.15. The van der Waals surface area contributed by atoms with E-state index in [0.717, 1.165) is 4.90 Å². The summed E-state index contributed by atoms with van der Waals surface area (Å²) in [6.45, 7) is 4.09. The number of hydrogen-bond donors (Lipinski definition) is 2. The van der Waals surface area contributed by atoms with E-state index < -0.39 is 51.1 Å². The van der Waals surface area contributed by atoms with Crippen LogP contribution < -0.4 is 0 Å². The van der Waals surface area contributed by atoms with Crippen molar-refractivity contribution in [2.75, 3.05) is 19.6 Å². The summed E-state index contributed by atoms with van der Waals surface area (Å²) >= 11 is 0. The van der Waals surface area contributed by atoms with E-state index in [2.05, 4.69) is 0 Å². The molecule has 0 aliphatic rings. The van der Waals surface area contributed by atoms with Crippen molar-refractivity contribution in [2.24, 2.45) is 0 Å². The molecule has 2 N–H and O–H groups in total.